The normalized spacial score (nSPS) is 20.8. The van der Waals surface area contributed by atoms with Crippen LogP contribution in [-0.4, -0.2) is 32.1 Å². The Hall–Kier alpha value is -2.37. The summed E-state index contributed by atoms with van der Waals surface area (Å²) in [6.07, 6.45) is 0.847. The van der Waals surface area contributed by atoms with Crippen LogP contribution >= 0.6 is 0 Å². The highest BCUT2D eigenvalue weighted by atomic mass is 16.5. The number of benzene rings is 1. The fraction of sp³-hybridized carbons (Fsp3) is 0.471. The van der Waals surface area contributed by atoms with Gasteiger partial charge in [-0.1, -0.05) is 30.3 Å². The lowest BCUT2D eigenvalue weighted by atomic mass is 9.68. The zero-order valence-electron chi connectivity index (χ0n) is 13.2. The molecule has 1 fully saturated rings. The monoisotopic (exact) mass is 320 g/mol. The summed E-state index contributed by atoms with van der Waals surface area (Å²) in [4.78, 5) is 35.6. The molecule has 0 saturated heterocycles. The highest BCUT2D eigenvalue weighted by Crippen LogP contribution is 2.40. The molecule has 0 amide bonds. The zero-order chi connectivity index (χ0) is 16.8. The molecule has 2 rings (SSSR count). The van der Waals surface area contributed by atoms with E-state index in [1.807, 2.05) is 30.3 Å². The second-order valence-corrected chi connectivity index (χ2v) is 5.55. The summed E-state index contributed by atoms with van der Waals surface area (Å²) in [5.74, 6) is -3.08. The maximum atomic E-state index is 12.3. The number of ether oxygens (including phenoxy) is 3. The second kappa shape index (κ2) is 7.76. The predicted octanol–water partition coefficient (Wildman–Crippen LogP) is 1.72. The van der Waals surface area contributed by atoms with Crippen molar-refractivity contribution in [3.8, 4) is 0 Å². The lowest BCUT2D eigenvalue weighted by molar-refractivity contribution is -0.170. The average molecular weight is 320 g/mol. The summed E-state index contributed by atoms with van der Waals surface area (Å²) in [7, 11) is 2.55. The number of esters is 3. The minimum Gasteiger partial charge on any atom is -0.469 e. The smallest absolute Gasteiger partial charge is 0.320 e. The van der Waals surface area contributed by atoms with E-state index in [9.17, 15) is 14.4 Å². The van der Waals surface area contributed by atoms with Gasteiger partial charge in [-0.05, 0) is 24.3 Å². The molecule has 1 unspecified atom stereocenters. The van der Waals surface area contributed by atoms with E-state index < -0.39 is 17.9 Å². The quantitative estimate of drug-likeness (QED) is 0.451. The van der Waals surface area contributed by atoms with Crippen LogP contribution in [0, 0.1) is 17.8 Å². The van der Waals surface area contributed by atoms with Crippen LogP contribution in [0.5, 0.6) is 0 Å². The highest BCUT2D eigenvalue weighted by molar-refractivity contribution is 5.95. The Kier molecular flexibility index (Phi) is 5.73. The Labute approximate surface area is 134 Å². The van der Waals surface area contributed by atoms with Crippen molar-refractivity contribution >= 4 is 17.9 Å². The molecule has 1 saturated carbocycles. The van der Waals surface area contributed by atoms with Gasteiger partial charge in [-0.2, -0.15) is 0 Å². The van der Waals surface area contributed by atoms with E-state index >= 15 is 0 Å². The standard InChI is InChI=1S/C17H20O6/c1-21-15(18)13-8-12(9-13)14(16(19)22-2)17(20)23-10-11-6-4-3-5-7-11/h3-7,12-14H,8-10H2,1-2H3/t12-,13+,14?. The molecule has 0 radical (unpaired) electrons. The van der Waals surface area contributed by atoms with E-state index in [1.54, 1.807) is 0 Å². The van der Waals surface area contributed by atoms with Gasteiger partial charge in [0.05, 0.1) is 20.1 Å². The molecule has 1 aliphatic carbocycles. The summed E-state index contributed by atoms with van der Waals surface area (Å²) in [5.41, 5.74) is 0.838. The molecule has 0 aliphatic heterocycles. The summed E-state index contributed by atoms with van der Waals surface area (Å²) >= 11 is 0. The first-order valence-corrected chi connectivity index (χ1v) is 7.43. The first-order valence-electron chi connectivity index (χ1n) is 7.43. The molecular weight excluding hydrogens is 300 g/mol. The van der Waals surface area contributed by atoms with Crippen molar-refractivity contribution in [2.24, 2.45) is 17.8 Å². The van der Waals surface area contributed by atoms with Crippen molar-refractivity contribution < 1.29 is 28.6 Å². The zero-order valence-corrected chi connectivity index (χ0v) is 13.2. The Balaban J connectivity index is 1.95. The van der Waals surface area contributed by atoms with Crippen LogP contribution in [-0.2, 0) is 35.2 Å². The fourth-order valence-corrected chi connectivity index (χ4v) is 2.72. The Bertz CT molecular complexity index is 562. The third kappa shape index (κ3) is 4.09. The maximum Gasteiger partial charge on any atom is 0.320 e. The lowest BCUT2D eigenvalue weighted by Gasteiger charge is -2.36. The lowest BCUT2D eigenvalue weighted by Crippen LogP contribution is -2.43. The van der Waals surface area contributed by atoms with Crippen LogP contribution in [0.1, 0.15) is 18.4 Å². The average Bonchev–Trinajstić information content (AvgIpc) is 2.55. The first-order chi connectivity index (χ1) is 11.1. The van der Waals surface area contributed by atoms with E-state index in [-0.39, 0.29) is 24.4 Å². The first kappa shape index (κ1) is 17.0. The molecule has 23 heavy (non-hydrogen) atoms. The van der Waals surface area contributed by atoms with Crippen LogP contribution < -0.4 is 0 Å². The highest BCUT2D eigenvalue weighted by Gasteiger charge is 2.47. The van der Waals surface area contributed by atoms with Crippen molar-refractivity contribution in [1.82, 2.24) is 0 Å². The molecular formula is C17H20O6. The number of hydrogen-bond acceptors (Lipinski definition) is 6. The van der Waals surface area contributed by atoms with Gasteiger partial charge in [0.2, 0.25) is 0 Å². The van der Waals surface area contributed by atoms with Crippen molar-refractivity contribution in [2.75, 3.05) is 14.2 Å². The number of carbonyl (C=O) groups excluding carboxylic acids is 3. The van der Waals surface area contributed by atoms with Gasteiger partial charge in [0.1, 0.15) is 6.61 Å². The Morgan fingerprint density at radius 2 is 1.70 bits per heavy atom. The van der Waals surface area contributed by atoms with Gasteiger partial charge in [0, 0.05) is 0 Å². The number of carbonyl (C=O) groups is 3. The van der Waals surface area contributed by atoms with Crippen molar-refractivity contribution in [1.29, 1.82) is 0 Å². The SMILES string of the molecule is COC(=O)C(C(=O)OCc1ccccc1)[C@H]1C[C@@H](C(=O)OC)C1. The Morgan fingerprint density at radius 1 is 1.04 bits per heavy atom. The number of methoxy groups -OCH3 is 2. The van der Waals surface area contributed by atoms with Crippen LogP contribution in [0.3, 0.4) is 0 Å². The van der Waals surface area contributed by atoms with Gasteiger partial charge < -0.3 is 14.2 Å². The Morgan fingerprint density at radius 3 is 2.26 bits per heavy atom. The van der Waals surface area contributed by atoms with Crippen LogP contribution in [0.15, 0.2) is 30.3 Å². The molecule has 0 aromatic heterocycles. The van der Waals surface area contributed by atoms with Crippen LogP contribution in [0.2, 0.25) is 0 Å². The summed E-state index contributed by atoms with van der Waals surface area (Å²) < 4.78 is 14.6. The molecule has 1 aromatic rings. The largest absolute Gasteiger partial charge is 0.469 e. The second-order valence-electron chi connectivity index (χ2n) is 5.55. The van der Waals surface area contributed by atoms with E-state index in [4.69, 9.17) is 9.47 Å². The fourth-order valence-electron chi connectivity index (χ4n) is 2.72. The summed E-state index contributed by atoms with van der Waals surface area (Å²) in [5, 5.41) is 0. The third-order valence-electron chi connectivity index (χ3n) is 4.11. The number of rotatable bonds is 6. The molecule has 1 atom stereocenters. The van der Waals surface area contributed by atoms with Gasteiger partial charge in [-0.15, -0.1) is 0 Å². The summed E-state index contributed by atoms with van der Waals surface area (Å²) in [6, 6.07) is 9.21. The molecule has 0 N–H and O–H groups in total. The summed E-state index contributed by atoms with van der Waals surface area (Å²) in [6.45, 7) is 0.0975. The van der Waals surface area contributed by atoms with Crippen molar-refractivity contribution in [3.63, 3.8) is 0 Å². The minimum absolute atomic E-state index is 0.0975. The molecule has 0 spiro atoms. The van der Waals surface area contributed by atoms with E-state index in [1.165, 1.54) is 14.2 Å². The van der Waals surface area contributed by atoms with Gasteiger partial charge in [-0.3, -0.25) is 14.4 Å². The molecule has 0 heterocycles. The van der Waals surface area contributed by atoms with E-state index in [0.717, 1.165) is 5.56 Å². The molecule has 1 aliphatic rings. The molecule has 124 valence electrons. The maximum absolute atomic E-state index is 12.3. The van der Waals surface area contributed by atoms with E-state index in [2.05, 4.69) is 4.74 Å². The van der Waals surface area contributed by atoms with Gasteiger partial charge in [0.25, 0.3) is 0 Å². The van der Waals surface area contributed by atoms with Gasteiger partial charge in [0.15, 0.2) is 5.92 Å². The number of hydrogen-bond donors (Lipinski definition) is 0. The van der Waals surface area contributed by atoms with E-state index in [0.29, 0.717) is 12.8 Å². The van der Waals surface area contributed by atoms with Crippen LogP contribution in [0.25, 0.3) is 0 Å². The van der Waals surface area contributed by atoms with Crippen molar-refractivity contribution in [3.05, 3.63) is 35.9 Å². The van der Waals surface area contributed by atoms with Crippen LogP contribution in [0.4, 0.5) is 0 Å². The molecule has 6 nitrogen and oxygen atoms in total. The molecule has 6 heteroatoms. The topological polar surface area (TPSA) is 78.9 Å². The molecule has 0 bridgehead atoms. The van der Waals surface area contributed by atoms with Gasteiger partial charge in [-0.25, -0.2) is 0 Å². The molecule has 1 aromatic carbocycles. The van der Waals surface area contributed by atoms with Gasteiger partial charge >= 0.3 is 17.9 Å². The van der Waals surface area contributed by atoms with Crippen molar-refractivity contribution in [2.45, 2.75) is 19.4 Å². The minimum atomic E-state index is -0.996. The predicted molar refractivity (Wildman–Crippen MR) is 80.0 cm³/mol. The third-order valence-corrected chi connectivity index (χ3v) is 4.11.